The van der Waals surface area contributed by atoms with Gasteiger partial charge in [0.1, 0.15) is 0 Å². The first kappa shape index (κ1) is 32.4. The first-order chi connectivity index (χ1) is 16.1. The summed E-state index contributed by atoms with van der Waals surface area (Å²) >= 11 is 0. The van der Waals surface area contributed by atoms with Crippen molar-refractivity contribution in [1.29, 1.82) is 0 Å². The zero-order valence-corrected chi connectivity index (χ0v) is 17.0. The van der Waals surface area contributed by atoms with Crippen LogP contribution in [0.1, 0.15) is 5.56 Å². The molecule has 2 atom stereocenters. The zero-order valence-electron chi connectivity index (χ0n) is 17.0. The van der Waals surface area contributed by atoms with Crippen molar-refractivity contribution < 1.29 is 88.9 Å². The number of halogens is 17. The predicted molar refractivity (Wildman–Crippen MR) is 82.7 cm³/mol. The Kier molecular flexibility index (Phi) is 8.17. The van der Waals surface area contributed by atoms with Gasteiger partial charge in [0.2, 0.25) is 0 Å². The van der Waals surface area contributed by atoms with Gasteiger partial charge in [-0.3, -0.25) is 14.3 Å². The van der Waals surface area contributed by atoms with Gasteiger partial charge in [-0.25, -0.2) is 0 Å². The van der Waals surface area contributed by atoms with Crippen LogP contribution in [0.3, 0.4) is 0 Å². The van der Waals surface area contributed by atoms with Gasteiger partial charge in [0.25, 0.3) is 5.91 Å². The summed E-state index contributed by atoms with van der Waals surface area (Å²) in [6.07, 6.45) is -38.5. The molecule has 1 aromatic rings. The highest BCUT2D eigenvalue weighted by Crippen LogP contribution is 2.56. The number of rotatable bonds is 8. The highest BCUT2D eigenvalue weighted by Gasteiger charge is 2.85. The minimum Gasteiger partial charge on any atom is -0.321 e. The molecule has 0 bridgehead atoms. The smallest absolute Gasteiger partial charge is 0.321 e. The quantitative estimate of drug-likeness (QED) is 0.342. The normalized spacial score (nSPS) is 17.7. The first-order valence-corrected chi connectivity index (χ1v) is 8.55. The van der Waals surface area contributed by atoms with Crippen molar-refractivity contribution in [3.63, 3.8) is 0 Å². The van der Waals surface area contributed by atoms with E-state index >= 15 is 0 Å². The van der Waals surface area contributed by atoms with Crippen molar-refractivity contribution >= 4 is 11.6 Å². The average molecular weight is 585 g/mol. The van der Waals surface area contributed by atoms with Gasteiger partial charge in [-0.15, -0.1) is 0 Å². The van der Waals surface area contributed by atoms with Gasteiger partial charge in [-0.05, 0) is 19.1 Å². The SMILES string of the molecule is Cc1ccc(NC(=O)[C@@](F)(OC(F)(F)[C@@](F)(OC(F)(F)C(F)(F)C(F)(F)F)C(F)(F)F)C(F)(F)F)cc1. The van der Waals surface area contributed by atoms with Gasteiger partial charge >= 0.3 is 48.4 Å². The molecule has 0 spiro atoms. The Morgan fingerprint density at radius 2 is 1.05 bits per heavy atom. The summed E-state index contributed by atoms with van der Waals surface area (Å²) in [5, 5.41) is 0.868. The third-order valence-corrected chi connectivity index (χ3v) is 3.96. The number of carbonyl (C=O) groups excluding carboxylic acids is 1. The zero-order chi connectivity index (χ0) is 29.7. The number of hydrogen-bond donors (Lipinski definition) is 1. The summed E-state index contributed by atoms with van der Waals surface area (Å²) in [6.45, 7) is 1.35. The molecule has 1 aromatic carbocycles. The second-order valence-electron chi connectivity index (χ2n) is 6.82. The van der Waals surface area contributed by atoms with Crippen LogP contribution in [0.2, 0.25) is 0 Å². The average Bonchev–Trinajstić information content (AvgIpc) is 2.66. The summed E-state index contributed by atoms with van der Waals surface area (Å²) in [6, 6.07) is 3.32. The van der Waals surface area contributed by atoms with Crippen molar-refractivity contribution in [2.24, 2.45) is 0 Å². The number of anilines is 1. The van der Waals surface area contributed by atoms with Crippen LogP contribution >= 0.6 is 0 Å². The molecule has 0 heterocycles. The molecule has 0 aliphatic carbocycles. The lowest BCUT2D eigenvalue weighted by molar-refractivity contribution is -0.548. The topological polar surface area (TPSA) is 47.6 Å². The van der Waals surface area contributed by atoms with E-state index in [4.69, 9.17) is 0 Å². The third-order valence-electron chi connectivity index (χ3n) is 3.96. The van der Waals surface area contributed by atoms with Crippen LogP contribution in [0.4, 0.5) is 80.3 Å². The Morgan fingerprint density at radius 3 is 1.41 bits per heavy atom. The van der Waals surface area contributed by atoms with Crippen molar-refractivity contribution in [2.45, 2.75) is 55.3 Å². The van der Waals surface area contributed by atoms with Crippen LogP contribution < -0.4 is 5.32 Å². The van der Waals surface area contributed by atoms with E-state index in [0.717, 1.165) is 17.4 Å². The van der Waals surface area contributed by atoms with E-state index in [0.29, 0.717) is 17.7 Å². The van der Waals surface area contributed by atoms with Crippen LogP contribution in [-0.4, -0.2) is 54.3 Å². The van der Waals surface area contributed by atoms with Gasteiger partial charge in [0.15, 0.2) is 0 Å². The lowest BCUT2D eigenvalue weighted by Gasteiger charge is -2.40. The van der Waals surface area contributed by atoms with Gasteiger partial charge in [-0.2, -0.15) is 74.6 Å². The predicted octanol–water partition coefficient (Wildman–Crippen LogP) is 6.81. The molecule has 214 valence electrons. The molecule has 37 heavy (non-hydrogen) atoms. The Morgan fingerprint density at radius 1 is 0.622 bits per heavy atom. The molecule has 0 saturated carbocycles. The van der Waals surface area contributed by atoms with Gasteiger partial charge in [0.05, 0.1) is 0 Å². The number of hydrogen-bond acceptors (Lipinski definition) is 3. The van der Waals surface area contributed by atoms with Crippen LogP contribution in [-0.2, 0) is 14.3 Å². The summed E-state index contributed by atoms with van der Waals surface area (Å²) in [7, 11) is 0. The van der Waals surface area contributed by atoms with Crippen molar-refractivity contribution in [2.75, 3.05) is 5.32 Å². The van der Waals surface area contributed by atoms with Crippen LogP contribution in [0.15, 0.2) is 24.3 Å². The third kappa shape index (κ3) is 5.96. The van der Waals surface area contributed by atoms with E-state index < -0.39 is 60.0 Å². The summed E-state index contributed by atoms with van der Waals surface area (Å²) < 4.78 is 226. The number of aryl methyl sites for hydroxylation is 1. The second-order valence-corrected chi connectivity index (χ2v) is 6.82. The molecule has 4 nitrogen and oxygen atoms in total. The number of amides is 1. The van der Waals surface area contributed by atoms with Gasteiger partial charge < -0.3 is 5.32 Å². The first-order valence-electron chi connectivity index (χ1n) is 8.55. The summed E-state index contributed by atoms with van der Waals surface area (Å²) in [4.78, 5) is 11.7. The van der Waals surface area contributed by atoms with E-state index in [1.807, 2.05) is 4.74 Å². The van der Waals surface area contributed by atoms with Crippen LogP contribution in [0.5, 0.6) is 0 Å². The van der Waals surface area contributed by atoms with Crippen LogP contribution in [0.25, 0.3) is 0 Å². The highest BCUT2D eigenvalue weighted by atomic mass is 19.4. The van der Waals surface area contributed by atoms with E-state index in [1.54, 1.807) is 0 Å². The molecule has 0 unspecified atom stereocenters. The van der Waals surface area contributed by atoms with E-state index in [-0.39, 0.29) is 0 Å². The van der Waals surface area contributed by atoms with E-state index in [1.165, 1.54) is 11.7 Å². The Hall–Kier alpha value is -2.58. The number of carbonyl (C=O) groups is 1. The Balaban J connectivity index is 3.61. The molecule has 0 fully saturated rings. The second kappa shape index (κ2) is 9.31. The van der Waals surface area contributed by atoms with Gasteiger partial charge in [-0.1, -0.05) is 17.7 Å². The Labute approximate surface area is 192 Å². The maximum Gasteiger partial charge on any atom is 0.462 e. The molecule has 0 saturated heterocycles. The molecular weight excluding hydrogens is 577 g/mol. The molecule has 0 aromatic heterocycles. The van der Waals surface area contributed by atoms with Gasteiger partial charge in [0, 0.05) is 5.69 Å². The number of ether oxygens (including phenoxy) is 2. The lowest BCUT2D eigenvalue weighted by Crippen LogP contribution is -2.68. The maximum atomic E-state index is 14.4. The fourth-order valence-corrected chi connectivity index (χ4v) is 2.01. The molecule has 0 radical (unpaired) electrons. The largest absolute Gasteiger partial charge is 0.462 e. The number of benzene rings is 1. The van der Waals surface area contributed by atoms with E-state index in [2.05, 4.69) is 0 Å². The Bertz CT molecular complexity index is 969. The maximum absolute atomic E-state index is 14.4. The summed E-state index contributed by atoms with van der Waals surface area (Å²) in [5.41, 5.74) is -0.562. The highest BCUT2D eigenvalue weighted by molar-refractivity contribution is 5.96. The van der Waals surface area contributed by atoms with E-state index in [9.17, 15) is 79.4 Å². The molecule has 21 heteroatoms. The molecule has 1 rings (SSSR count). The fraction of sp³-hybridized carbons (Fsp3) is 0.562. The van der Waals surface area contributed by atoms with Crippen LogP contribution in [0, 0.1) is 6.92 Å². The minimum atomic E-state index is -8.05. The van der Waals surface area contributed by atoms with Crippen molar-refractivity contribution in [3.8, 4) is 0 Å². The minimum absolute atomic E-state index is 0.323. The molecule has 0 aliphatic rings. The standard InChI is InChI=1S/C16H8F17NO3/c1-6-2-4-7(5-3-6)34-8(35)9(17,12(21,22)23)36-16(32,33)11(20,14(27,28)29)37-15(30,31)10(18,19)13(24,25)26/h2-5H,1H3,(H,34,35)/t9-,11+/m1/s1. The van der Waals surface area contributed by atoms with Crippen molar-refractivity contribution in [1.82, 2.24) is 0 Å². The summed E-state index contributed by atoms with van der Waals surface area (Å²) in [5.74, 6) is -26.2. The monoisotopic (exact) mass is 585 g/mol. The van der Waals surface area contributed by atoms with Crippen molar-refractivity contribution in [3.05, 3.63) is 29.8 Å². The lowest BCUT2D eigenvalue weighted by atomic mass is 10.2. The molecular formula is C16H8F17NO3. The molecule has 1 N–H and O–H groups in total. The molecule has 1 amide bonds. The number of nitrogens with one attached hydrogen (secondary N) is 1. The number of alkyl halides is 17. The fourth-order valence-electron chi connectivity index (χ4n) is 2.01. The molecule has 0 aliphatic heterocycles.